The van der Waals surface area contributed by atoms with E-state index in [9.17, 15) is 8.78 Å². The zero-order valence-electron chi connectivity index (χ0n) is 9.74. The monoisotopic (exact) mass is 304 g/mol. The lowest BCUT2D eigenvalue weighted by Gasteiger charge is -2.19. The van der Waals surface area contributed by atoms with Crippen LogP contribution in [-0.4, -0.2) is 34.2 Å². The average Bonchev–Trinajstić information content (AvgIpc) is 3.10. The molecule has 4 nitrogen and oxygen atoms in total. The smallest absolute Gasteiger partial charge is 0.225 e. The molecule has 3 rings (SSSR count). The third-order valence-electron chi connectivity index (χ3n) is 3.11. The van der Waals surface area contributed by atoms with E-state index in [2.05, 4.69) is 15.0 Å². The van der Waals surface area contributed by atoms with Crippen LogP contribution in [0.5, 0.6) is 0 Å². The first-order valence-corrected chi connectivity index (χ1v) is 6.28. The summed E-state index contributed by atoms with van der Waals surface area (Å²) in [5.41, 5.74) is -0.0158. The Labute approximate surface area is 117 Å². The van der Waals surface area contributed by atoms with Crippen molar-refractivity contribution in [1.82, 2.24) is 15.0 Å². The average molecular weight is 305 g/mol. The Balaban J connectivity index is 2.21. The minimum atomic E-state index is -0.904. The third-order valence-corrected chi connectivity index (χ3v) is 3.54. The molecule has 100 valence electrons. The molecule has 0 radical (unpaired) electrons. The molecule has 0 saturated heterocycles. The van der Waals surface area contributed by atoms with E-state index in [4.69, 9.17) is 23.2 Å². The molecule has 0 aliphatic heterocycles. The van der Waals surface area contributed by atoms with Gasteiger partial charge in [-0.05, 0) is 11.6 Å². The second-order valence-electron chi connectivity index (χ2n) is 4.37. The standard InChI is InChI=1S/C11H8Cl2F2N4/c1-19(6-2-5(6)14)10-4-3-16-9(12)7(15)8(4)17-11(13)18-10/h3,5-6H,2H2,1H3/t5-,6?/m0/s1. The van der Waals surface area contributed by atoms with E-state index in [0.717, 1.165) is 0 Å². The van der Waals surface area contributed by atoms with Crippen LogP contribution >= 0.6 is 23.2 Å². The Hall–Kier alpha value is -1.27. The van der Waals surface area contributed by atoms with Gasteiger partial charge in [0.15, 0.2) is 11.0 Å². The van der Waals surface area contributed by atoms with Crippen LogP contribution in [0, 0.1) is 5.82 Å². The van der Waals surface area contributed by atoms with E-state index in [0.29, 0.717) is 17.6 Å². The van der Waals surface area contributed by atoms with Gasteiger partial charge in [-0.15, -0.1) is 0 Å². The van der Waals surface area contributed by atoms with Crippen LogP contribution in [0.3, 0.4) is 0 Å². The fourth-order valence-electron chi connectivity index (χ4n) is 1.97. The third kappa shape index (κ3) is 2.08. The van der Waals surface area contributed by atoms with Crippen molar-refractivity contribution in [2.75, 3.05) is 11.9 Å². The number of aromatic nitrogens is 3. The van der Waals surface area contributed by atoms with Crippen molar-refractivity contribution >= 4 is 39.9 Å². The number of anilines is 1. The zero-order valence-corrected chi connectivity index (χ0v) is 11.3. The van der Waals surface area contributed by atoms with E-state index in [1.165, 1.54) is 6.20 Å². The summed E-state index contributed by atoms with van der Waals surface area (Å²) >= 11 is 11.4. The van der Waals surface area contributed by atoms with E-state index >= 15 is 0 Å². The van der Waals surface area contributed by atoms with Gasteiger partial charge >= 0.3 is 0 Å². The summed E-state index contributed by atoms with van der Waals surface area (Å²) in [5, 5.41) is -0.0508. The number of alkyl halides is 1. The predicted octanol–water partition coefficient (Wildman–Crippen LogP) is 3.02. The normalized spacial score (nSPS) is 21.7. The summed E-state index contributed by atoms with van der Waals surface area (Å²) in [5.74, 6) is -0.408. The van der Waals surface area contributed by atoms with Crippen molar-refractivity contribution in [1.29, 1.82) is 0 Å². The van der Waals surface area contributed by atoms with Crippen molar-refractivity contribution in [2.45, 2.75) is 18.6 Å². The first kappa shape index (κ1) is 12.7. The molecule has 1 aliphatic rings. The highest BCUT2D eigenvalue weighted by Gasteiger charge is 2.42. The van der Waals surface area contributed by atoms with Crippen LogP contribution in [0.15, 0.2) is 6.20 Å². The minimum Gasteiger partial charge on any atom is -0.353 e. The highest BCUT2D eigenvalue weighted by molar-refractivity contribution is 6.30. The lowest BCUT2D eigenvalue weighted by atomic mass is 10.2. The van der Waals surface area contributed by atoms with Crippen molar-refractivity contribution in [2.24, 2.45) is 0 Å². The number of fused-ring (bicyclic) bond motifs is 1. The molecule has 1 aliphatic carbocycles. The van der Waals surface area contributed by atoms with Gasteiger partial charge in [0.05, 0.1) is 11.4 Å². The SMILES string of the molecule is CN(c1nc(Cl)nc2c(F)c(Cl)ncc12)C1C[C@@H]1F. The van der Waals surface area contributed by atoms with Gasteiger partial charge in [0, 0.05) is 19.7 Å². The fourth-order valence-corrected chi connectivity index (χ4v) is 2.27. The lowest BCUT2D eigenvalue weighted by Crippen LogP contribution is -2.23. The molecule has 1 unspecified atom stereocenters. The fraction of sp³-hybridized carbons (Fsp3) is 0.364. The maximum Gasteiger partial charge on any atom is 0.225 e. The molecule has 0 bridgehead atoms. The molecule has 0 N–H and O–H groups in total. The highest BCUT2D eigenvalue weighted by Crippen LogP contribution is 2.36. The number of halogens is 4. The van der Waals surface area contributed by atoms with Gasteiger partial charge in [0.2, 0.25) is 5.28 Å². The summed E-state index contributed by atoms with van der Waals surface area (Å²) < 4.78 is 27.0. The number of nitrogens with zero attached hydrogens (tertiary/aromatic N) is 4. The summed E-state index contributed by atoms with van der Waals surface area (Å²) in [6.07, 6.45) is 0.876. The Morgan fingerprint density at radius 1 is 1.37 bits per heavy atom. The van der Waals surface area contributed by atoms with Crippen LogP contribution in [0.25, 0.3) is 10.9 Å². The van der Waals surface area contributed by atoms with E-state index in [-0.39, 0.29) is 22.0 Å². The van der Waals surface area contributed by atoms with Crippen molar-refractivity contribution in [3.8, 4) is 0 Å². The molecule has 1 saturated carbocycles. The molecule has 1 fully saturated rings. The van der Waals surface area contributed by atoms with E-state index in [1.54, 1.807) is 11.9 Å². The van der Waals surface area contributed by atoms with Crippen LogP contribution in [0.4, 0.5) is 14.6 Å². The van der Waals surface area contributed by atoms with Crippen LogP contribution in [-0.2, 0) is 0 Å². The molecule has 2 aromatic rings. The largest absolute Gasteiger partial charge is 0.353 e. The molecule has 2 aromatic heterocycles. The van der Waals surface area contributed by atoms with Crippen molar-refractivity contribution in [3.05, 3.63) is 22.5 Å². The Kier molecular flexibility index (Phi) is 2.94. The van der Waals surface area contributed by atoms with Crippen molar-refractivity contribution in [3.63, 3.8) is 0 Å². The molecule has 2 atom stereocenters. The quantitative estimate of drug-likeness (QED) is 0.632. The predicted molar refractivity (Wildman–Crippen MR) is 69.0 cm³/mol. The lowest BCUT2D eigenvalue weighted by molar-refractivity contribution is 0.464. The van der Waals surface area contributed by atoms with Crippen molar-refractivity contribution < 1.29 is 8.78 Å². The number of rotatable bonds is 2. The number of hydrogen-bond acceptors (Lipinski definition) is 4. The Morgan fingerprint density at radius 2 is 2.05 bits per heavy atom. The molecular weight excluding hydrogens is 297 g/mol. The van der Waals surface area contributed by atoms with E-state index < -0.39 is 12.0 Å². The van der Waals surface area contributed by atoms with Gasteiger partial charge in [-0.25, -0.2) is 18.7 Å². The molecule has 2 heterocycles. The molecular formula is C11H8Cl2F2N4. The molecule has 0 spiro atoms. The Morgan fingerprint density at radius 3 is 2.68 bits per heavy atom. The molecule has 0 aromatic carbocycles. The number of pyridine rings is 1. The zero-order chi connectivity index (χ0) is 13.7. The summed E-state index contributed by atoms with van der Waals surface area (Å²) in [6, 6.07) is -0.270. The molecule has 19 heavy (non-hydrogen) atoms. The van der Waals surface area contributed by atoms with Crippen LogP contribution in [0.2, 0.25) is 10.4 Å². The van der Waals surface area contributed by atoms with E-state index in [1.807, 2.05) is 0 Å². The van der Waals surface area contributed by atoms with Gasteiger partial charge in [0.25, 0.3) is 0 Å². The second kappa shape index (κ2) is 4.38. The summed E-state index contributed by atoms with van der Waals surface area (Å²) in [7, 11) is 1.68. The van der Waals surface area contributed by atoms with Gasteiger partial charge in [0.1, 0.15) is 17.5 Å². The first-order valence-electron chi connectivity index (χ1n) is 5.53. The van der Waals surface area contributed by atoms with Crippen LogP contribution in [0.1, 0.15) is 6.42 Å². The highest BCUT2D eigenvalue weighted by atomic mass is 35.5. The first-order chi connectivity index (χ1) is 8.99. The topological polar surface area (TPSA) is 41.9 Å². The maximum absolute atomic E-state index is 13.9. The number of hydrogen-bond donors (Lipinski definition) is 0. The van der Waals surface area contributed by atoms with Gasteiger partial charge in [-0.1, -0.05) is 11.6 Å². The molecule has 0 amide bonds. The summed E-state index contributed by atoms with van der Waals surface area (Å²) in [4.78, 5) is 13.2. The maximum atomic E-state index is 13.9. The second-order valence-corrected chi connectivity index (χ2v) is 5.07. The van der Waals surface area contributed by atoms with Gasteiger partial charge in [-0.2, -0.15) is 4.98 Å². The van der Waals surface area contributed by atoms with Gasteiger partial charge in [-0.3, -0.25) is 0 Å². The minimum absolute atomic E-state index is 0.0158. The molecule has 8 heteroatoms. The Bertz CT molecular complexity index is 667. The van der Waals surface area contributed by atoms with Gasteiger partial charge < -0.3 is 4.90 Å². The summed E-state index contributed by atoms with van der Waals surface area (Å²) in [6.45, 7) is 0. The van der Waals surface area contributed by atoms with Crippen LogP contribution < -0.4 is 4.90 Å².